The van der Waals surface area contributed by atoms with Crippen molar-refractivity contribution in [3.63, 3.8) is 0 Å². The van der Waals surface area contributed by atoms with E-state index in [9.17, 15) is 13.2 Å². The third-order valence-corrected chi connectivity index (χ3v) is 5.04. The Morgan fingerprint density at radius 1 is 1.22 bits per heavy atom. The van der Waals surface area contributed by atoms with Gasteiger partial charge in [-0.25, -0.2) is 13.2 Å². The van der Waals surface area contributed by atoms with E-state index < -0.39 is 21.1 Å². The summed E-state index contributed by atoms with van der Waals surface area (Å²) in [5, 5.41) is -1.13. The Labute approximate surface area is 107 Å². The predicted molar refractivity (Wildman–Crippen MR) is 68.1 cm³/mol. The average molecular weight is 268 g/mol. The van der Waals surface area contributed by atoms with E-state index in [1.807, 2.05) is 6.92 Å². The van der Waals surface area contributed by atoms with Crippen LogP contribution in [0.3, 0.4) is 0 Å². The maximum absolute atomic E-state index is 12.2. The molecular weight excluding hydrogens is 252 g/mol. The maximum Gasteiger partial charge on any atom is 0.334 e. The molecule has 0 N–H and O–H groups in total. The highest BCUT2D eigenvalue weighted by molar-refractivity contribution is 7.92. The maximum atomic E-state index is 12.2. The third kappa shape index (κ3) is 2.41. The van der Waals surface area contributed by atoms with Crippen LogP contribution in [0.15, 0.2) is 24.3 Å². The van der Waals surface area contributed by atoms with Crippen molar-refractivity contribution in [3.8, 4) is 5.75 Å². The lowest BCUT2D eigenvalue weighted by atomic mass is 10.2. The van der Waals surface area contributed by atoms with Crippen molar-refractivity contribution >= 4 is 15.8 Å². The van der Waals surface area contributed by atoms with Crippen LogP contribution < -0.4 is 4.74 Å². The second-order valence-corrected chi connectivity index (χ2v) is 6.62. The van der Waals surface area contributed by atoms with Crippen molar-refractivity contribution in [3.05, 3.63) is 29.8 Å². The van der Waals surface area contributed by atoms with E-state index in [2.05, 4.69) is 0 Å². The summed E-state index contributed by atoms with van der Waals surface area (Å²) in [6.07, 6.45) is 2.38. The smallest absolute Gasteiger partial charge is 0.334 e. The molecule has 0 saturated heterocycles. The van der Waals surface area contributed by atoms with Crippen molar-refractivity contribution in [1.29, 1.82) is 0 Å². The monoisotopic (exact) mass is 268 g/mol. The summed E-state index contributed by atoms with van der Waals surface area (Å²) in [6.45, 7) is 2.01. The SMILES string of the molecule is CCCCCS(=O)(=O)C1C(=O)Oc2ccccc21. The van der Waals surface area contributed by atoms with Gasteiger partial charge in [-0.1, -0.05) is 38.0 Å². The molecule has 0 spiro atoms. The third-order valence-electron chi connectivity index (χ3n) is 3.02. The number of rotatable bonds is 5. The van der Waals surface area contributed by atoms with Gasteiger partial charge in [-0.3, -0.25) is 0 Å². The fraction of sp³-hybridized carbons (Fsp3) is 0.462. The topological polar surface area (TPSA) is 60.4 Å². The van der Waals surface area contributed by atoms with Crippen LogP contribution in [0.1, 0.15) is 37.0 Å². The van der Waals surface area contributed by atoms with E-state index >= 15 is 0 Å². The molecule has 98 valence electrons. The van der Waals surface area contributed by atoms with Gasteiger partial charge in [0.2, 0.25) is 0 Å². The Kier molecular flexibility index (Phi) is 3.71. The number of hydrogen-bond donors (Lipinski definition) is 0. The molecular formula is C13H16O4S. The highest BCUT2D eigenvalue weighted by Crippen LogP contribution is 2.38. The average Bonchev–Trinajstić information content (AvgIpc) is 2.65. The van der Waals surface area contributed by atoms with Gasteiger partial charge in [0.1, 0.15) is 5.75 Å². The molecule has 1 heterocycles. The highest BCUT2D eigenvalue weighted by Gasteiger charge is 2.42. The first-order chi connectivity index (χ1) is 8.56. The number of benzene rings is 1. The second kappa shape index (κ2) is 5.10. The summed E-state index contributed by atoms with van der Waals surface area (Å²) in [5.74, 6) is -0.270. The van der Waals surface area contributed by atoms with E-state index in [1.165, 1.54) is 0 Å². The van der Waals surface area contributed by atoms with Crippen LogP contribution in [-0.2, 0) is 14.6 Å². The Hall–Kier alpha value is -1.36. The summed E-state index contributed by atoms with van der Waals surface area (Å²) in [5.41, 5.74) is 0.471. The van der Waals surface area contributed by atoms with Crippen LogP contribution in [0.5, 0.6) is 5.75 Å². The molecule has 5 heteroatoms. The summed E-state index contributed by atoms with van der Waals surface area (Å²) in [6, 6.07) is 6.70. The molecule has 0 saturated carbocycles. The van der Waals surface area contributed by atoms with Gasteiger partial charge < -0.3 is 4.74 Å². The molecule has 18 heavy (non-hydrogen) atoms. The van der Waals surface area contributed by atoms with Crippen molar-refractivity contribution in [2.45, 2.75) is 31.4 Å². The number of unbranched alkanes of at least 4 members (excludes halogenated alkanes) is 2. The Morgan fingerprint density at radius 3 is 2.67 bits per heavy atom. The van der Waals surface area contributed by atoms with Crippen LogP contribution in [0.25, 0.3) is 0 Å². The summed E-state index contributed by atoms with van der Waals surface area (Å²) in [7, 11) is -3.47. The standard InChI is InChI=1S/C13H16O4S/c1-2-3-6-9-18(15,16)12-10-7-4-5-8-11(10)17-13(12)14/h4-5,7-8,12H,2-3,6,9H2,1H3. The molecule has 1 aliphatic heterocycles. The Balaban J connectivity index is 2.25. The molecule has 4 nitrogen and oxygen atoms in total. The first-order valence-electron chi connectivity index (χ1n) is 6.08. The quantitative estimate of drug-likeness (QED) is 0.467. The summed E-state index contributed by atoms with van der Waals surface area (Å²) >= 11 is 0. The molecule has 0 aliphatic carbocycles. The number of hydrogen-bond acceptors (Lipinski definition) is 4. The number of esters is 1. The van der Waals surface area contributed by atoms with Crippen molar-refractivity contribution < 1.29 is 17.9 Å². The lowest BCUT2D eigenvalue weighted by Gasteiger charge is -2.08. The molecule has 0 radical (unpaired) electrons. The van der Waals surface area contributed by atoms with E-state index in [0.29, 0.717) is 17.7 Å². The van der Waals surface area contributed by atoms with Gasteiger partial charge in [0, 0.05) is 5.56 Å². The molecule has 1 unspecified atom stereocenters. The zero-order chi connectivity index (χ0) is 13.2. The van der Waals surface area contributed by atoms with Gasteiger partial charge in [-0.2, -0.15) is 0 Å². The van der Waals surface area contributed by atoms with E-state index in [-0.39, 0.29) is 5.75 Å². The number of sulfone groups is 1. The predicted octanol–water partition coefficient (Wildman–Crippen LogP) is 2.25. The van der Waals surface area contributed by atoms with E-state index in [1.54, 1.807) is 24.3 Å². The molecule has 2 rings (SSSR count). The van der Waals surface area contributed by atoms with Crippen LogP contribution >= 0.6 is 0 Å². The number of carbonyl (C=O) groups excluding carboxylic acids is 1. The second-order valence-electron chi connectivity index (χ2n) is 4.41. The lowest BCUT2D eigenvalue weighted by Crippen LogP contribution is -2.22. The van der Waals surface area contributed by atoms with Crippen LogP contribution in [0.4, 0.5) is 0 Å². The van der Waals surface area contributed by atoms with Gasteiger partial charge in [-0.15, -0.1) is 0 Å². The van der Waals surface area contributed by atoms with Crippen LogP contribution in [0.2, 0.25) is 0 Å². The zero-order valence-corrected chi connectivity index (χ0v) is 11.1. The van der Waals surface area contributed by atoms with Gasteiger partial charge in [0.15, 0.2) is 15.1 Å². The number of carbonyl (C=O) groups is 1. The molecule has 0 fully saturated rings. The Morgan fingerprint density at radius 2 is 1.94 bits per heavy atom. The Bertz CT molecular complexity index is 548. The lowest BCUT2D eigenvalue weighted by molar-refractivity contribution is -0.132. The number of fused-ring (bicyclic) bond motifs is 1. The van der Waals surface area contributed by atoms with Crippen LogP contribution in [0, 0.1) is 0 Å². The highest BCUT2D eigenvalue weighted by atomic mass is 32.2. The molecule has 0 amide bonds. The minimum Gasteiger partial charge on any atom is -0.425 e. The van der Waals surface area contributed by atoms with Crippen molar-refractivity contribution in [2.75, 3.05) is 5.75 Å². The number of para-hydroxylation sites is 1. The molecule has 0 aromatic heterocycles. The molecule has 1 aromatic rings. The van der Waals surface area contributed by atoms with Crippen molar-refractivity contribution in [2.24, 2.45) is 0 Å². The molecule has 1 atom stereocenters. The molecule has 0 bridgehead atoms. The van der Waals surface area contributed by atoms with E-state index in [0.717, 1.165) is 12.8 Å². The van der Waals surface area contributed by atoms with E-state index in [4.69, 9.17) is 4.74 Å². The fourth-order valence-electron chi connectivity index (χ4n) is 2.09. The summed E-state index contributed by atoms with van der Waals surface area (Å²) in [4.78, 5) is 11.7. The van der Waals surface area contributed by atoms with Gasteiger partial charge in [-0.05, 0) is 12.5 Å². The largest absolute Gasteiger partial charge is 0.425 e. The van der Waals surface area contributed by atoms with Gasteiger partial charge in [0.05, 0.1) is 5.75 Å². The normalized spacial score (nSPS) is 18.5. The summed E-state index contributed by atoms with van der Waals surface area (Å²) < 4.78 is 29.4. The first kappa shape index (κ1) is 13.1. The van der Waals surface area contributed by atoms with Gasteiger partial charge in [0.25, 0.3) is 0 Å². The fourth-order valence-corrected chi connectivity index (χ4v) is 3.86. The molecule has 1 aromatic carbocycles. The van der Waals surface area contributed by atoms with Crippen LogP contribution in [-0.4, -0.2) is 20.1 Å². The molecule has 1 aliphatic rings. The number of ether oxygens (including phenoxy) is 1. The van der Waals surface area contributed by atoms with Gasteiger partial charge >= 0.3 is 5.97 Å². The minimum absolute atomic E-state index is 0.0366. The zero-order valence-electron chi connectivity index (χ0n) is 10.3. The first-order valence-corrected chi connectivity index (χ1v) is 7.80. The van der Waals surface area contributed by atoms with Crippen molar-refractivity contribution in [1.82, 2.24) is 0 Å². The minimum atomic E-state index is -3.47.